The highest BCUT2D eigenvalue weighted by Crippen LogP contribution is 2.19. The number of hydrogen-bond acceptors (Lipinski definition) is 2. The number of benzene rings is 1. The number of aliphatic hydroxyl groups excluding tert-OH is 1. The van der Waals surface area contributed by atoms with E-state index < -0.39 is 0 Å². The van der Waals surface area contributed by atoms with Crippen LogP contribution in [0.5, 0.6) is 0 Å². The van der Waals surface area contributed by atoms with E-state index in [-0.39, 0.29) is 12.4 Å². The third-order valence-corrected chi connectivity index (χ3v) is 3.04. The first-order valence-electron chi connectivity index (χ1n) is 4.75. The minimum atomic E-state index is -0.274. The predicted octanol–water partition coefficient (Wildman–Crippen LogP) is 2.33. The van der Waals surface area contributed by atoms with Gasteiger partial charge in [0.15, 0.2) is 0 Å². The molecule has 0 fully saturated rings. The first-order valence-corrected chi connectivity index (χ1v) is 5.55. The highest BCUT2D eigenvalue weighted by atomic mass is 79.9. The van der Waals surface area contributed by atoms with Crippen molar-refractivity contribution in [2.24, 2.45) is 0 Å². The highest BCUT2D eigenvalue weighted by molar-refractivity contribution is 9.10. The minimum Gasteiger partial charge on any atom is -0.388 e. The molecule has 2 aromatic rings. The van der Waals surface area contributed by atoms with E-state index in [1.54, 1.807) is 18.5 Å². The number of rotatable bonds is 3. The topological polar surface area (TPSA) is 38.1 Å². The first-order chi connectivity index (χ1) is 7.70. The van der Waals surface area contributed by atoms with Gasteiger partial charge in [-0.25, -0.2) is 9.37 Å². The van der Waals surface area contributed by atoms with Gasteiger partial charge >= 0.3 is 0 Å². The Morgan fingerprint density at radius 3 is 2.94 bits per heavy atom. The van der Waals surface area contributed by atoms with Crippen LogP contribution in [-0.4, -0.2) is 14.7 Å². The van der Waals surface area contributed by atoms with Crippen molar-refractivity contribution in [3.8, 4) is 0 Å². The van der Waals surface area contributed by atoms with Crippen molar-refractivity contribution in [2.45, 2.75) is 13.2 Å². The summed E-state index contributed by atoms with van der Waals surface area (Å²) in [6.07, 6.45) is 3.41. The van der Waals surface area contributed by atoms with Gasteiger partial charge in [-0.15, -0.1) is 0 Å². The molecule has 0 amide bonds. The van der Waals surface area contributed by atoms with Gasteiger partial charge in [-0.1, -0.05) is 22.0 Å². The number of aliphatic hydroxyl groups is 1. The molecule has 0 radical (unpaired) electrons. The van der Waals surface area contributed by atoms with Crippen LogP contribution in [0.25, 0.3) is 0 Å². The maximum absolute atomic E-state index is 12.9. The van der Waals surface area contributed by atoms with Crippen LogP contribution in [-0.2, 0) is 13.2 Å². The van der Waals surface area contributed by atoms with Crippen LogP contribution in [0, 0.1) is 5.82 Å². The summed E-state index contributed by atoms with van der Waals surface area (Å²) in [6.45, 7) is 0.447. The number of imidazole rings is 1. The lowest BCUT2D eigenvalue weighted by Gasteiger charge is -2.08. The quantitative estimate of drug-likeness (QED) is 0.940. The summed E-state index contributed by atoms with van der Waals surface area (Å²) in [5.41, 5.74) is 0.939. The average molecular weight is 285 g/mol. The molecule has 5 heteroatoms. The Morgan fingerprint density at radius 2 is 2.25 bits per heavy atom. The molecule has 0 saturated carbocycles. The molecule has 0 saturated heterocycles. The van der Waals surface area contributed by atoms with Crippen molar-refractivity contribution in [2.75, 3.05) is 0 Å². The van der Waals surface area contributed by atoms with Gasteiger partial charge in [0.1, 0.15) is 18.2 Å². The Bertz CT molecular complexity index is 498. The molecule has 0 unspecified atom stereocenters. The molecule has 3 nitrogen and oxygen atoms in total. The number of aromatic nitrogens is 2. The van der Waals surface area contributed by atoms with E-state index in [0.29, 0.717) is 16.8 Å². The second-order valence-electron chi connectivity index (χ2n) is 3.37. The fourth-order valence-electron chi connectivity index (χ4n) is 1.47. The van der Waals surface area contributed by atoms with Crippen LogP contribution in [0.4, 0.5) is 4.39 Å². The minimum absolute atomic E-state index is 0.105. The summed E-state index contributed by atoms with van der Waals surface area (Å²) in [5, 5.41) is 9.04. The van der Waals surface area contributed by atoms with Gasteiger partial charge in [0.25, 0.3) is 0 Å². The third-order valence-electron chi connectivity index (χ3n) is 2.30. The van der Waals surface area contributed by atoms with E-state index in [0.717, 1.165) is 5.56 Å². The van der Waals surface area contributed by atoms with Gasteiger partial charge in [0.05, 0.1) is 0 Å². The van der Waals surface area contributed by atoms with Crippen molar-refractivity contribution in [3.63, 3.8) is 0 Å². The number of halogens is 2. The zero-order valence-corrected chi connectivity index (χ0v) is 9.98. The lowest BCUT2D eigenvalue weighted by Crippen LogP contribution is -2.04. The van der Waals surface area contributed by atoms with Crippen molar-refractivity contribution >= 4 is 15.9 Å². The molecule has 0 bridgehead atoms. The molecule has 0 aliphatic heterocycles. The van der Waals surface area contributed by atoms with Gasteiger partial charge in [-0.2, -0.15) is 0 Å². The predicted molar refractivity (Wildman–Crippen MR) is 61.4 cm³/mol. The Balaban J connectivity index is 2.27. The SMILES string of the molecule is OCc1nccn1Cc1ccc(F)cc1Br. The first kappa shape index (κ1) is 11.3. The molecule has 1 heterocycles. The Morgan fingerprint density at radius 1 is 1.44 bits per heavy atom. The van der Waals surface area contributed by atoms with E-state index in [2.05, 4.69) is 20.9 Å². The molecule has 0 spiro atoms. The maximum Gasteiger partial charge on any atom is 0.134 e. The molecule has 1 aromatic carbocycles. The van der Waals surface area contributed by atoms with E-state index >= 15 is 0 Å². The van der Waals surface area contributed by atoms with Crippen LogP contribution in [0.2, 0.25) is 0 Å². The van der Waals surface area contributed by atoms with E-state index in [4.69, 9.17) is 5.11 Å². The fourth-order valence-corrected chi connectivity index (χ4v) is 1.95. The van der Waals surface area contributed by atoms with Crippen molar-refractivity contribution in [1.82, 2.24) is 9.55 Å². The van der Waals surface area contributed by atoms with Crippen LogP contribution >= 0.6 is 15.9 Å². The summed E-state index contributed by atoms with van der Waals surface area (Å²) in [6, 6.07) is 4.54. The summed E-state index contributed by atoms with van der Waals surface area (Å²) in [4.78, 5) is 4.00. The summed E-state index contributed by atoms with van der Waals surface area (Å²) in [5.74, 6) is 0.319. The maximum atomic E-state index is 12.9. The summed E-state index contributed by atoms with van der Waals surface area (Å²) in [7, 11) is 0. The molecular formula is C11H10BrFN2O. The average Bonchev–Trinajstić information content (AvgIpc) is 2.69. The Labute approximate surface area is 101 Å². The number of hydrogen-bond donors (Lipinski definition) is 1. The Kier molecular flexibility index (Phi) is 3.36. The van der Waals surface area contributed by atoms with Crippen molar-refractivity contribution < 1.29 is 9.50 Å². The molecule has 0 aliphatic carbocycles. The standard InChI is InChI=1S/C11H10BrFN2O/c12-10-5-9(13)2-1-8(10)6-15-4-3-14-11(15)7-16/h1-5,16H,6-7H2. The van der Waals surface area contributed by atoms with Crippen LogP contribution in [0.3, 0.4) is 0 Å². The second-order valence-corrected chi connectivity index (χ2v) is 4.22. The summed E-state index contributed by atoms with van der Waals surface area (Å²) >= 11 is 3.30. The second kappa shape index (κ2) is 4.76. The molecular weight excluding hydrogens is 275 g/mol. The smallest absolute Gasteiger partial charge is 0.134 e. The third kappa shape index (κ3) is 2.31. The van der Waals surface area contributed by atoms with Crippen molar-refractivity contribution in [3.05, 3.63) is 52.3 Å². The molecule has 2 rings (SSSR count). The lowest BCUT2D eigenvalue weighted by molar-refractivity contribution is 0.266. The number of nitrogens with zero attached hydrogens (tertiary/aromatic N) is 2. The monoisotopic (exact) mass is 284 g/mol. The largest absolute Gasteiger partial charge is 0.388 e. The molecule has 84 valence electrons. The van der Waals surface area contributed by atoms with Gasteiger partial charge in [-0.05, 0) is 17.7 Å². The molecule has 1 N–H and O–H groups in total. The normalized spacial score (nSPS) is 10.7. The fraction of sp³-hybridized carbons (Fsp3) is 0.182. The van der Waals surface area contributed by atoms with E-state index in [1.807, 2.05) is 4.57 Å². The van der Waals surface area contributed by atoms with Crippen LogP contribution in [0.1, 0.15) is 11.4 Å². The van der Waals surface area contributed by atoms with Crippen molar-refractivity contribution in [1.29, 1.82) is 0 Å². The Hall–Kier alpha value is -1.20. The highest BCUT2D eigenvalue weighted by Gasteiger charge is 2.05. The van der Waals surface area contributed by atoms with Gasteiger partial charge < -0.3 is 9.67 Å². The summed E-state index contributed by atoms with van der Waals surface area (Å²) < 4.78 is 15.4. The van der Waals surface area contributed by atoms with E-state index in [1.165, 1.54) is 12.1 Å². The van der Waals surface area contributed by atoms with Gasteiger partial charge in [-0.3, -0.25) is 0 Å². The van der Waals surface area contributed by atoms with Gasteiger partial charge in [0.2, 0.25) is 0 Å². The van der Waals surface area contributed by atoms with Crippen LogP contribution < -0.4 is 0 Å². The van der Waals surface area contributed by atoms with E-state index in [9.17, 15) is 4.39 Å². The zero-order valence-electron chi connectivity index (χ0n) is 8.40. The molecule has 0 aliphatic rings. The molecule has 0 atom stereocenters. The van der Waals surface area contributed by atoms with Gasteiger partial charge in [0, 0.05) is 23.4 Å². The van der Waals surface area contributed by atoms with Crippen LogP contribution in [0.15, 0.2) is 35.1 Å². The lowest BCUT2D eigenvalue weighted by atomic mass is 10.2. The molecule has 1 aromatic heterocycles. The molecule has 16 heavy (non-hydrogen) atoms. The zero-order chi connectivity index (χ0) is 11.5.